The van der Waals surface area contributed by atoms with Gasteiger partial charge in [-0.2, -0.15) is 0 Å². The molecular formula is C18H32N4O2. The summed E-state index contributed by atoms with van der Waals surface area (Å²) in [5.74, 6) is 1.73. The summed E-state index contributed by atoms with van der Waals surface area (Å²) in [5.41, 5.74) is 1.27. The lowest BCUT2D eigenvalue weighted by Crippen LogP contribution is -2.41. The van der Waals surface area contributed by atoms with Crippen LogP contribution in [0, 0.1) is 0 Å². The van der Waals surface area contributed by atoms with Crippen molar-refractivity contribution in [3.05, 3.63) is 29.8 Å². The minimum atomic E-state index is 0.812. The van der Waals surface area contributed by atoms with Crippen molar-refractivity contribution in [3.8, 4) is 5.75 Å². The van der Waals surface area contributed by atoms with Crippen LogP contribution in [-0.2, 0) is 11.2 Å². The molecule has 0 aliphatic rings. The van der Waals surface area contributed by atoms with Gasteiger partial charge in [-0.05, 0) is 37.6 Å². The summed E-state index contributed by atoms with van der Waals surface area (Å²) in [5, 5.41) is 6.68. The van der Waals surface area contributed by atoms with Gasteiger partial charge in [0.25, 0.3) is 0 Å². The van der Waals surface area contributed by atoms with Crippen LogP contribution >= 0.6 is 0 Å². The molecule has 0 fully saturated rings. The van der Waals surface area contributed by atoms with Crippen molar-refractivity contribution in [1.29, 1.82) is 0 Å². The molecule has 6 heteroatoms. The Kier molecular flexibility index (Phi) is 10.6. The molecule has 0 saturated carbocycles. The SMILES string of the molecule is CN=C(NCCc1ccc(OC)cc1)NCCN(C)CCCOC. The molecule has 0 heterocycles. The highest BCUT2D eigenvalue weighted by Gasteiger charge is 2.01. The van der Waals surface area contributed by atoms with Gasteiger partial charge in [-0.1, -0.05) is 12.1 Å². The van der Waals surface area contributed by atoms with Gasteiger partial charge < -0.3 is 25.0 Å². The van der Waals surface area contributed by atoms with E-state index in [1.807, 2.05) is 12.1 Å². The Hall–Kier alpha value is -1.79. The first-order chi connectivity index (χ1) is 11.7. The summed E-state index contributed by atoms with van der Waals surface area (Å²) in [7, 11) is 7.34. The minimum absolute atomic E-state index is 0.812. The molecule has 0 atom stereocenters. The van der Waals surface area contributed by atoms with Gasteiger partial charge in [-0.3, -0.25) is 4.99 Å². The lowest BCUT2D eigenvalue weighted by Gasteiger charge is -2.18. The molecule has 136 valence electrons. The van der Waals surface area contributed by atoms with Crippen molar-refractivity contribution < 1.29 is 9.47 Å². The van der Waals surface area contributed by atoms with E-state index < -0.39 is 0 Å². The van der Waals surface area contributed by atoms with Crippen LogP contribution in [0.2, 0.25) is 0 Å². The monoisotopic (exact) mass is 336 g/mol. The van der Waals surface area contributed by atoms with Crippen LogP contribution < -0.4 is 15.4 Å². The Balaban J connectivity index is 2.18. The smallest absolute Gasteiger partial charge is 0.191 e. The van der Waals surface area contributed by atoms with Gasteiger partial charge in [0.15, 0.2) is 5.96 Å². The summed E-state index contributed by atoms with van der Waals surface area (Å²) in [4.78, 5) is 6.54. The second kappa shape index (κ2) is 12.6. The molecule has 0 saturated heterocycles. The van der Waals surface area contributed by atoms with Crippen molar-refractivity contribution in [2.45, 2.75) is 12.8 Å². The summed E-state index contributed by atoms with van der Waals surface area (Å²) in [6.07, 6.45) is 2.00. The standard InChI is InChI=1S/C18H32N4O2/c1-19-18(21-12-14-22(2)13-5-15-23-3)20-11-10-16-6-8-17(24-4)9-7-16/h6-9H,5,10-15H2,1-4H3,(H2,19,20,21). The highest BCUT2D eigenvalue weighted by molar-refractivity contribution is 5.79. The zero-order valence-corrected chi connectivity index (χ0v) is 15.5. The summed E-state index contributed by atoms with van der Waals surface area (Å²) < 4.78 is 10.2. The van der Waals surface area contributed by atoms with Crippen molar-refractivity contribution in [3.63, 3.8) is 0 Å². The predicted molar refractivity (Wildman–Crippen MR) is 100 cm³/mol. The fourth-order valence-corrected chi connectivity index (χ4v) is 2.29. The van der Waals surface area contributed by atoms with E-state index in [2.05, 4.69) is 39.7 Å². The first-order valence-electron chi connectivity index (χ1n) is 8.44. The van der Waals surface area contributed by atoms with Gasteiger partial charge in [0.1, 0.15) is 5.75 Å². The summed E-state index contributed by atoms with van der Waals surface area (Å²) in [6.45, 7) is 4.54. The summed E-state index contributed by atoms with van der Waals surface area (Å²) in [6, 6.07) is 8.15. The Bertz CT molecular complexity index is 463. The molecule has 0 unspecified atom stereocenters. The van der Waals surface area contributed by atoms with Crippen molar-refractivity contribution in [1.82, 2.24) is 15.5 Å². The largest absolute Gasteiger partial charge is 0.497 e. The van der Waals surface area contributed by atoms with Crippen LogP contribution in [0.25, 0.3) is 0 Å². The number of nitrogens with one attached hydrogen (secondary N) is 2. The number of benzene rings is 1. The first-order valence-corrected chi connectivity index (χ1v) is 8.44. The van der Waals surface area contributed by atoms with Crippen molar-refractivity contribution >= 4 is 5.96 Å². The van der Waals surface area contributed by atoms with E-state index in [9.17, 15) is 0 Å². The Morgan fingerprint density at radius 2 is 1.79 bits per heavy atom. The van der Waals surface area contributed by atoms with E-state index >= 15 is 0 Å². The van der Waals surface area contributed by atoms with Crippen LogP contribution in [0.4, 0.5) is 0 Å². The van der Waals surface area contributed by atoms with Crippen LogP contribution in [0.15, 0.2) is 29.3 Å². The van der Waals surface area contributed by atoms with Gasteiger partial charge in [-0.15, -0.1) is 0 Å². The Labute approximate surface area is 146 Å². The number of hydrogen-bond donors (Lipinski definition) is 2. The minimum Gasteiger partial charge on any atom is -0.497 e. The number of hydrogen-bond acceptors (Lipinski definition) is 4. The average molecular weight is 336 g/mol. The maximum atomic E-state index is 5.17. The molecule has 0 radical (unpaired) electrons. The van der Waals surface area contributed by atoms with Crippen LogP contribution in [0.5, 0.6) is 5.75 Å². The van der Waals surface area contributed by atoms with Crippen molar-refractivity contribution in [2.24, 2.45) is 4.99 Å². The van der Waals surface area contributed by atoms with Gasteiger partial charge in [0, 0.05) is 46.9 Å². The lowest BCUT2D eigenvalue weighted by molar-refractivity contribution is 0.180. The fraction of sp³-hybridized carbons (Fsp3) is 0.611. The van der Waals surface area contributed by atoms with Gasteiger partial charge in [0.2, 0.25) is 0 Å². The van der Waals surface area contributed by atoms with Gasteiger partial charge >= 0.3 is 0 Å². The van der Waals surface area contributed by atoms with E-state index in [1.165, 1.54) is 5.56 Å². The molecule has 0 amide bonds. The zero-order valence-electron chi connectivity index (χ0n) is 15.5. The maximum absolute atomic E-state index is 5.17. The normalized spacial score (nSPS) is 11.6. The van der Waals surface area contributed by atoms with Gasteiger partial charge in [0.05, 0.1) is 7.11 Å². The Morgan fingerprint density at radius 1 is 1.08 bits per heavy atom. The zero-order chi connectivity index (χ0) is 17.6. The van der Waals surface area contributed by atoms with E-state index in [0.29, 0.717) is 0 Å². The highest BCUT2D eigenvalue weighted by atomic mass is 16.5. The topological polar surface area (TPSA) is 58.1 Å². The highest BCUT2D eigenvalue weighted by Crippen LogP contribution is 2.11. The molecule has 1 rings (SSSR count). The summed E-state index contributed by atoms with van der Waals surface area (Å²) >= 11 is 0. The van der Waals surface area contributed by atoms with Crippen LogP contribution in [0.3, 0.4) is 0 Å². The third-order valence-corrected chi connectivity index (χ3v) is 3.76. The van der Waals surface area contributed by atoms with Crippen LogP contribution in [-0.4, -0.2) is 72.0 Å². The number of ether oxygens (including phenoxy) is 2. The quantitative estimate of drug-likeness (QED) is 0.363. The fourth-order valence-electron chi connectivity index (χ4n) is 2.29. The average Bonchev–Trinajstić information content (AvgIpc) is 2.61. The van der Waals surface area contributed by atoms with E-state index in [4.69, 9.17) is 9.47 Å². The number of likely N-dealkylation sites (N-methyl/N-ethyl adjacent to an activating group) is 1. The second-order valence-electron chi connectivity index (χ2n) is 5.67. The van der Waals surface area contributed by atoms with Gasteiger partial charge in [-0.25, -0.2) is 0 Å². The first kappa shape index (κ1) is 20.3. The van der Waals surface area contributed by atoms with Crippen molar-refractivity contribution in [2.75, 3.05) is 61.1 Å². The third-order valence-electron chi connectivity index (χ3n) is 3.76. The molecule has 0 aliphatic carbocycles. The molecule has 0 aromatic heterocycles. The molecule has 0 aliphatic heterocycles. The third kappa shape index (κ3) is 8.74. The number of methoxy groups -OCH3 is 2. The van der Waals surface area contributed by atoms with E-state index in [0.717, 1.165) is 57.3 Å². The predicted octanol–water partition coefficient (Wildman–Crippen LogP) is 1.37. The lowest BCUT2D eigenvalue weighted by atomic mass is 10.1. The van der Waals surface area contributed by atoms with E-state index in [1.54, 1.807) is 21.3 Å². The molecule has 2 N–H and O–H groups in total. The molecule has 6 nitrogen and oxygen atoms in total. The second-order valence-corrected chi connectivity index (χ2v) is 5.67. The Morgan fingerprint density at radius 3 is 2.42 bits per heavy atom. The number of rotatable bonds is 11. The molecule has 0 bridgehead atoms. The van der Waals surface area contributed by atoms with Crippen LogP contribution in [0.1, 0.15) is 12.0 Å². The maximum Gasteiger partial charge on any atom is 0.191 e. The number of guanidine groups is 1. The molecule has 24 heavy (non-hydrogen) atoms. The van der Waals surface area contributed by atoms with E-state index in [-0.39, 0.29) is 0 Å². The molecule has 1 aromatic carbocycles. The number of aliphatic imine (C=N–C) groups is 1. The molecular weight excluding hydrogens is 304 g/mol. The number of nitrogens with zero attached hydrogens (tertiary/aromatic N) is 2. The molecule has 1 aromatic rings. The molecule has 0 spiro atoms.